The summed E-state index contributed by atoms with van der Waals surface area (Å²) < 4.78 is 40.3. The number of hydrogen-bond donors (Lipinski definition) is 2. The van der Waals surface area contributed by atoms with Crippen LogP contribution in [0.4, 0.5) is 13.2 Å². The average molecular weight is 299 g/mol. The quantitative estimate of drug-likeness (QED) is 0.915. The molecule has 4 nitrogen and oxygen atoms in total. The number of halogens is 3. The van der Waals surface area contributed by atoms with Crippen molar-refractivity contribution in [2.24, 2.45) is 5.73 Å². The summed E-state index contributed by atoms with van der Waals surface area (Å²) in [7, 11) is 0. The van der Waals surface area contributed by atoms with Gasteiger partial charge in [0.15, 0.2) is 0 Å². The summed E-state index contributed by atoms with van der Waals surface area (Å²) in [5, 5.41) is 14.0. The molecule has 0 aliphatic heterocycles. The molecule has 0 aliphatic carbocycles. The van der Waals surface area contributed by atoms with Crippen molar-refractivity contribution in [1.82, 2.24) is 9.78 Å². The lowest BCUT2D eigenvalue weighted by molar-refractivity contribution is -0.138. The molecule has 1 heterocycles. The second-order valence-electron chi connectivity index (χ2n) is 5.21. The molecule has 0 saturated heterocycles. The van der Waals surface area contributed by atoms with E-state index in [1.54, 1.807) is 19.9 Å². The van der Waals surface area contributed by atoms with E-state index in [1.165, 1.54) is 23.0 Å². The van der Waals surface area contributed by atoms with Crippen molar-refractivity contribution in [1.29, 1.82) is 0 Å². The summed E-state index contributed by atoms with van der Waals surface area (Å²) in [6.45, 7) is 2.84. The highest BCUT2D eigenvalue weighted by Crippen LogP contribution is 2.34. The van der Waals surface area contributed by atoms with E-state index in [4.69, 9.17) is 5.73 Å². The topological polar surface area (TPSA) is 64.1 Å². The smallest absolute Gasteiger partial charge is 0.384 e. The Hall–Kier alpha value is -1.86. The minimum Gasteiger partial charge on any atom is -0.384 e. The van der Waals surface area contributed by atoms with E-state index in [9.17, 15) is 18.3 Å². The summed E-state index contributed by atoms with van der Waals surface area (Å²) in [6.07, 6.45) is -2.97. The first-order valence-electron chi connectivity index (χ1n) is 6.32. The molecule has 0 aliphatic rings. The highest BCUT2D eigenvalue weighted by molar-refractivity contribution is 5.47. The Labute approximate surface area is 120 Å². The molecule has 2 rings (SSSR count). The molecule has 1 aromatic heterocycles. The van der Waals surface area contributed by atoms with Gasteiger partial charge in [0.05, 0.1) is 16.9 Å². The number of nitrogens with two attached hydrogens (primary N) is 1. The van der Waals surface area contributed by atoms with Gasteiger partial charge in [0.2, 0.25) is 0 Å². The van der Waals surface area contributed by atoms with Crippen LogP contribution in [0, 0.1) is 0 Å². The van der Waals surface area contributed by atoms with Crippen LogP contribution in [0.5, 0.6) is 0 Å². The molecule has 114 valence electrons. The van der Waals surface area contributed by atoms with Crippen molar-refractivity contribution in [2.75, 3.05) is 0 Å². The minimum atomic E-state index is -4.48. The van der Waals surface area contributed by atoms with Gasteiger partial charge in [-0.05, 0) is 32.0 Å². The van der Waals surface area contributed by atoms with Crippen LogP contribution in [0.25, 0.3) is 5.69 Å². The maximum atomic E-state index is 13.0. The number of nitrogens with zero attached hydrogens (tertiary/aromatic N) is 2. The largest absolute Gasteiger partial charge is 0.416 e. The molecule has 3 N–H and O–H groups in total. The number of rotatable bonds is 3. The third-order valence-electron chi connectivity index (χ3n) is 3.12. The van der Waals surface area contributed by atoms with Crippen molar-refractivity contribution < 1.29 is 18.3 Å². The Kier molecular flexibility index (Phi) is 3.81. The molecule has 21 heavy (non-hydrogen) atoms. The van der Waals surface area contributed by atoms with Crippen LogP contribution in [0.1, 0.15) is 30.7 Å². The molecule has 0 atom stereocenters. The maximum absolute atomic E-state index is 13.0. The van der Waals surface area contributed by atoms with Crippen LogP contribution < -0.4 is 5.73 Å². The highest BCUT2D eigenvalue weighted by atomic mass is 19.4. The first kappa shape index (κ1) is 15.5. The molecule has 0 unspecified atom stereocenters. The lowest BCUT2D eigenvalue weighted by atomic mass is 10.0. The maximum Gasteiger partial charge on any atom is 0.416 e. The van der Waals surface area contributed by atoms with Crippen molar-refractivity contribution in [3.63, 3.8) is 0 Å². The van der Waals surface area contributed by atoms with Crippen LogP contribution in [-0.4, -0.2) is 14.9 Å². The van der Waals surface area contributed by atoms with Gasteiger partial charge in [0, 0.05) is 18.3 Å². The van der Waals surface area contributed by atoms with Gasteiger partial charge in [-0.25, -0.2) is 4.68 Å². The Morgan fingerprint density at radius 2 is 1.90 bits per heavy atom. The highest BCUT2D eigenvalue weighted by Gasteiger charge is 2.34. The summed E-state index contributed by atoms with van der Waals surface area (Å²) >= 11 is 0. The zero-order valence-corrected chi connectivity index (χ0v) is 11.6. The van der Waals surface area contributed by atoms with Gasteiger partial charge in [0.25, 0.3) is 0 Å². The van der Waals surface area contributed by atoms with Crippen LogP contribution in [0.2, 0.25) is 0 Å². The van der Waals surface area contributed by atoms with Gasteiger partial charge in [0.1, 0.15) is 5.60 Å². The number of benzene rings is 1. The van der Waals surface area contributed by atoms with Gasteiger partial charge in [-0.3, -0.25) is 0 Å². The summed E-state index contributed by atoms with van der Waals surface area (Å²) in [5.41, 5.74) is 4.13. The number of aromatic nitrogens is 2. The second kappa shape index (κ2) is 5.16. The summed E-state index contributed by atoms with van der Waals surface area (Å²) in [4.78, 5) is 0. The monoisotopic (exact) mass is 299 g/mol. The Morgan fingerprint density at radius 3 is 2.38 bits per heavy atom. The van der Waals surface area contributed by atoms with E-state index in [2.05, 4.69) is 5.10 Å². The molecule has 0 amide bonds. The predicted molar refractivity (Wildman–Crippen MR) is 71.7 cm³/mol. The van der Waals surface area contributed by atoms with E-state index in [-0.39, 0.29) is 17.8 Å². The molecule has 1 aromatic carbocycles. The molecule has 0 fully saturated rings. The van der Waals surface area contributed by atoms with E-state index in [0.29, 0.717) is 5.69 Å². The van der Waals surface area contributed by atoms with Crippen LogP contribution in [-0.2, 0) is 18.3 Å². The van der Waals surface area contributed by atoms with Gasteiger partial charge in [-0.2, -0.15) is 18.3 Å². The normalized spacial score (nSPS) is 12.7. The molecular weight excluding hydrogens is 283 g/mol. The van der Waals surface area contributed by atoms with E-state index >= 15 is 0 Å². The third kappa shape index (κ3) is 3.08. The zero-order chi connectivity index (χ0) is 15.8. The second-order valence-corrected chi connectivity index (χ2v) is 5.21. The molecule has 2 aromatic rings. The number of alkyl halides is 3. The minimum absolute atomic E-state index is 0.0320. The number of aliphatic hydroxyl groups is 1. The fraction of sp³-hybridized carbons (Fsp3) is 0.357. The van der Waals surface area contributed by atoms with Crippen molar-refractivity contribution >= 4 is 0 Å². The van der Waals surface area contributed by atoms with E-state index < -0.39 is 17.3 Å². The van der Waals surface area contributed by atoms with E-state index in [0.717, 1.165) is 6.07 Å². The fourth-order valence-corrected chi connectivity index (χ4v) is 2.05. The summed E-state index contributed by atoms with van der Waals surface area (Å²) in [6, 6.07) is 5.37. The third-order valence-corrected chi connectivity index (χ3v) is 3.12. The first-order valence-corrected chi connectivity index (χ1v) is 6.32. The van der Waals surface area contributed by atoms with Crippen LogP contribution in [0.15, 0.2) is 30.5 Å². The van der Waals surface area contributed by atoms with Crippen LogP contribution >= 0.6 is 0 Å². The number of hydrogen-bond acceptors (Lipinski definition) is 3. The van der Waals surface area contributed by atoms with Gasteiger partial charge in [-0.15, -0.1) is 0 Å². The van der Waals surface area contributed by atoms with Crippen molar-refractivity contribution in [3.05, 3.63) is 47.3 Å². The molecule has 0 radical (unpaired) electrons. The Bertz CT molecular complexity index is 642. The van der Waals surface area contributed by atoms with E-state index in [1.807, 2.05) is 0 Å². The first-order chi connectivity index (χ1) is 9.64. The van der Waals surface area contributed by atoms with Crippen molar-refractivity contribution in [3.8, 4) is 5.69 Å². The molecular formula is C14H16F3N3O. The molecule has 7 heteroatoms. The standard InChI is InChI=1S/C14H16F3N3O/c1-13(2,21)12-6-7-20(19-12)11-5-3-4-10(9(11)8-18)14(15,16)17/h3-7,21H,8,18H2,1-2H3. The molecule has 0 saturated carbocycles. The molecule has 0 spiro atoms. The van der Waals surface area contributed by atoms with Gasteiger partial charge < -0.3 is 10.8 Å². The Balaban J connectivity index is 2.57. The SMILES string of the molecule is CC(C)(O)c1ccn(-c2cccc(C(F)(F)F)c2CN)n1. The predicted octanol–water partition coefficient (Wildman–Crippen LogP) is 2.58. The van der Waals surface area contributed by atoms with Gasteiger partial charge in [-0.1, -0.05) is 6.07 Å². The Morgan fingerprint density at radius 1 is 1.24 bits per heavy atom. The van der Waals surface area contributed by atoms with Crippen molar-refractivity contribution in [2.45, 2.75) is 32.2 Å². The average Bonchev–Trinajstić information content (AvgIpc) is 2.86. The lowest BCUT2D eigenvalue weighted by Crippen LogP contribution is -2.18. The fourth-order valence-electron chi connectivity index (χ4n) is 2.05. The lowest BCUT2D eigenvalue weighted by Gasteiger charge is -2.16. The zero-order valence-electron chi connectivity index (χ0n) is 11.6. The van der Waals surface area contributed by atoms with Crippen LogP contribution in [0.3, 0.4) is 0 Å². The molecule has 0 bridgehead atoms. The van der Waals surface area contributed by atoms with Gasteiger partial charge >= 0.3 is 6.18 Å². The summed E-state index contributed by atoms with van der Waals surface area (Å²) in [5.74, 6) is 0.